The highest BCUT2D eigenvalue weighted by Gasteiger charge is 2.34. The number of likely N-dealkylation sites (tertiary alicyclic amines) is 1. The zero-order valence-corrected chi connectivity index (χ0v) is 13.9. The number of rotatable bonds is 4. The van der Waals surface area contributed by atoms with Gasteiger partial charge in [0.15, 0.2) is 0 Å². The van der Waals surface area contributed by atoms with E-state index in [0.717, 1.165) is 0 Å². The molecule has 1 aliphatic heterocycles. The molecular weight excluding hydrogens is 354 g/mol. The lowest BCUT2D eigenvalue weighted by molar-refractivity contribution is -0.143. The van der Waals surface area contributed by atoms with E-state index in [1.807, 2.05) is 0 Å². The number of nitrogens with zero attached hydrogens (tertiary/aromatic N) is 1. The molecule has 2 rings (SSSR count). The first-order valence-electron chi connectivity index (χ1n) is 6.77. The van der Waals surface area contributed by atoms with E-state index in [1.54, 1.807) is 24.3 Å². The molecule has 0 spiro atoms. The van der Waals surface area contributed by atoms with Crippen molar-refractivity contribution in [2.24, 2.45) is 5.92 Å². The smallest absolute Gasteiger partial charge is 0.398 e. The first-order chi connectivity index (χ1) is 9.85. The fourth-order valence-corrected chi connectivity index (χ4v) is 2.51. The van der Waals surface area contributed by atoms with Crippen LogP contribution in [0.25, 0.3) is 0 Å². The summed E-state index contributed by atoms with van der Waals surface area (Å²) in [5.74, 6) is -0.247. The Labute approximate surface area is 145 Å². The van der Waals surface area contributed by atoms with Crippen molar-refractivity contribution in [3.8, 4) is 0 Å². The summed E-state index contributed by atoms with van der Waals surface area (Å²) >= 11 is 0. The number of carbonyl (C=O) groups is 1. The summed E-state index contributed by atoms with van der Waals surface area (Å²) < 4.78 is 36.9. The Balaban J connectivity index is 0.00000242. The molecular formula is C14H20Cl2F3N3O. The first-order valence-corrected chi connectivity index (χ1v) is 6.77. The van der Waals surface area contributed by atoms with Gasteiger partial charge in [-0.25, -0.2) is 0 Å². The van der Waals surface area contributed by atoms with Gasteiger partial charge in [0.25, 0.3) is 5.91 Å². The van der Waals surface area contributed by atoms with Crippen molar-refractivity contribution >= 4 is 36.4 Å². The van der Waals surface area contributed by atoms with Gasteiger partial charge in [-0.15, -0.1) is 24.8 Å². The van der Waals surface area contributed by atoms with Crippen LogP contribution in [0, 0.1) is 5.92 Å². The van der Waals surface area contributed by atoms with E-state index in [1.165, 1.54) is 4.90 Å². The van der Waals surface area contributed by atoms with Gasteiger partial charge < -0.3 is 11.1 Å². The molecule has 1 aromatic carbocycles. The second-order valence-electron chi connectivity index (χ2n) is 5.30. The molecule has 1 unspecified atom stereocenters. The summed E-state index contributed by atoms with van der Waals surface area (Å²) in [5.41, 5.74) is 6.48. The molecule has 23 heavy (non-hydrogen) atoms. The van der Waals surface area contributed by atoms with E-state index < -0.39 is 12.7 Å². The predicted octanol–water partition coefficient (Wildman–Crippen LogP) is 2.73. The third-order valence-corrected chi connectivity index (χ3v) is 3.53. The van der Waals surface area contributed by atoms with Crippen LogP contribution >= 0.6 is 24.8 Å². The molecule has 1 heterocycles. The summed E-state index contributed by atoms with van der Waals surface area (Å²) in [7, 11) is 0. The molecule has 9 heteroatoms. The maximum atomic E-state index is 12.3. The molecule has 1 aliphatic rings. The fourth-order valence-electron chi connectivity index (χ4n) is 2.51. The highest BCUT2D eigenvalue weighted by atomic mass is 35.5. The van der Waals surface area contributed by atoms with Crippen LogP contribution in [0.2, 0.25) is 0 Å². The number of carbonyl (C=O) groups excluding carboxylic acids is 1. The molecule has 1 atom stereocenters. The van der Waals surface area contributed by atoms with Gasteiger partial charge in [-0.1, -0.05) is 12.1 Å². The minimum atomic E-state index is -4.17. The lowest BCUT2D eigenvalue weighted by atomic mass is 10.1. The lowest BCUT2D eigenvalue weighted by Crippen LogP contribution is -2.34. The lowest BCUT2D eigenvalue weighted by Gasteiger charge is -2.18. The maximum Gasteiger partial charge on any atom is 0.401 e. The Kier molecular flexibility index (Phi) is 8.73. The molecule has 0 saturated carbocycles. The van der Waals surface area contributed by atoms with Crippen molar-refractivity contribution in [2.75, 3.05) is 31.9 Å². The molecule has 4 nitrogen and oxygen atoms in total. The van der Waals surface area contributed by atoms with Crippen molar-refractivity contribution in [1.82, 2.24) is 10.2 Å². The Bertz CT molecular complexity index is 514. The number of anilines is 1. The summed E-state index contributed by atoms with van der Waals surface area (Å²) in [4.78, 5) is 13.3. The van der Waals surface area contributed by atoms with Gasteiger partial charge in [0.2, 0.25) is 0 Å². The molecule has 0 aliphatic carbocycles. The highest BCUT2D eigenvalue weighted by molar-refractivity contribution is 5.99. The number of hydrogen-bond acceptors (Lipinski definition) is 3. The standard InChI is InChI=1S/C14H18F3N3O.2ClH/c15-14(16,17)9-20-6-5-10(8-20)7-19-13(21)11-3-1-2-4-12(11)18;;/h1-4,10H,5-9,18H2,(H,19,21);2*1H. The summed E-state index contributed by atoms with van der Waals surface area (Å²) in [6, 6.07) is 6.70. The fraction of sp³-hybridized carbons (Fsp3) is 0.500. The number of nitrogens with two attached hydrogens (primary N) is 1. The summed E-state index contributed by atoms with van der Waals surface area (Å²) in [5, 5.41) is 2.74. The minimum absolute atomic E-state index is 0. The molecule has 3 N–H and O–H groups in total. The van der Waals surface area contributed by atoms with Crippen molar-refractivity contribution in [3.05, 3.63) is 29.8 Å². The Morgan fingerprint density at radius 1 is 1.30 bits per heavy atom. The number of nitrogens with one attached hydrogen (secondary N) is 1. The zero-order valence-electron chi connectivity index (χ0n) is 12.3. The van der Waals surface area contributed by atoms with E-state index in [9.17, 15) is 18.0 Å². The molecule has 0 radical (unpaired) electrons. The number of alkyl halides is 3. The van der Waals surface area contributed by atoms with E-state index >= 15 is 0 Å². The van der Waals surface area contributed by atoms with Gasteiger partial charge in [-0.3, -0.25) is 9.69 Å². The van der Waals surface area contributed by atoms with Gasteiger partial charge in [0, 0.05) is 18.8 Å². The number of halogens is 5. The van der Waals surface area contributed by atoms with Gasteiger partial charge >= 0.3 is 6.18 Å². The van der Waals surface area contributed by atoms with Crippen LogP contribution in [-0.4, -0.2) is 43.2 Å². The topological polar surface area (TPSA) is 58.4 Å². The van der Waals surface area contributed by atoms with E-state index in [0.29, 0.717) is 37.3 Å². The van der Waals surface area contributed by atoms with Crippen molar-refractivity contribution in [2.45, 2.75) is 12.6 Å². The average Bonchev–Trinajstić information content (AvgIpc) is 2.82. The largest absolute Gasteiger partial charge is 0.401 e. The number of benzene rings is 1. The molecule has 1 saturated heterocycles. The Hall–Kier alpha value is -1.18. The van der Waals surface area contributed by atoms with Crippen molar-refractivity contribution < 1.29 is 18.0 Å². The second-order valence-corrected chi connectivity index (χ2v) is 5.30. The number of para-hydroxylation sites is 1. The second kappa shape index (κ2) is 9.20. The molecule has 0 bridgehead atoms. The molecule has 1 aromatic rings. The van der Waals surface area contributed by atoms with Crippen LogP contribution in [0.4, 0.5) is 18.9 Å². The first kappa shape index (κ1) is 21.8. The monoisotopic (exact) mass is 373 g/mol. The van der Waals surface area contributed by atoms with Crippen LogP contribution < -0.4 is 11.1 Å². The normalized spacial score (nSPS) is 18.0. The third-order valence-electron chi connectivity index (χ3n) is 3.53. The van der Waals surface area contributed by atoms with Gasteiger partial charge in [-0.05, 0) is 31.0 Å². The van der Waals surface area contributed by atoms with E-state index in [4.69, 9.17) is 5.73 Å². The van der Waals surface area contributed by atoms with Gasteiger partial charge in [0.1, 0.15) is 0 Å². The summed E-state index contributed by atoms with van der Waals surface area (Å²) in [6.07, 6.45) is -3.52. The number of hydrogen-bond donors (Lipinski definition) is 2. The highest BCUT2D eigenvalue weighted by Crippen LogP contribution is 2.22. The van der Waals surface area contributed by atoms with Crippen LogP contribution in [0.1, 0.15) is 16.8 Å². The Morgan fingerprint density at radius 3 is 2.57 bits per heavy atom. The summed E-state index contributed by atoms with van der Waals surface area (Å²) in [6.45, 7) is 0.238. The molecule has 0 aromatic heterocycles. The molecule has 1 amide bonds. The number of amides is 1. The van der Waals surface area contributed by atoms with Crippen LogP contribution in [-0.2, 0) is 0 Å². The minimum Gasteiger partial charge on any atom is -0.398 e. The van der Waals surface area contributed by atoms with E-state index in [2.05, 4.69) is 5.32 Å². The van der Waals surface area contributed by atoms with Crippen molar-refractivity contribution in [3.63, 3.8) is 0 Å². The quantitative estimate of drug-likeness (QED) is 0.797. The van der Waals surface area contributed by atoms with Crippen molar-refractivity contribution in [1.29, 1.82) is 0 Å². The average molecular weight is 374 g/mol. The predicted molar refractivity (Wildman–Crippen MR) is 88.3 cm³/mol. The Morgan fingerprint density at radius 2 is 1.96 bits per heavy atom. The maximum absolute atomic E-state index is 12.3. The molecule has 1 fully saturated rings. The van der Waals surface area contributed by atoms with Crippen LogP contribution in [0.15, 0.2) is 24.3 Å². The third kappa shape index (κ3) is 6.85. The van der Waals surface area contributed by atoms with Gasteiger partial charge in [0.05, 0.1) is 12.1 Å². The zero-order chi connectivity index (χ0) is 15.5. The SMILES string of the molecule is Cl.Cl.Nc1ccccc1C(=O)NCC1CCN(CC(F)(F)F)C1. The van der Waals surface area contributed by atoms with Gasteiger partial charge in [-0.2, -0.15) is 13.2 Å². The van der Waals surface area contributed by atoms with Crippen LogP contribution in [0.3, 0.4) is 0 Å². The number of nitrogen functional groups attached to an aromatic ring is 1. The van der Waals surface area contributed by atoms with Crippen LogP contribution in [0.5, 0.6) is 0 Å². The molecule has 132 valence electrons. The van der Waals surface area contributed by atoms with E-state index in [-0.39, 0.29) is 36.6 Å².